The van der Waals surface area contributed by atoms with Gasteiger partial charge in [0.2, 0.25) is 0 Å². The minimum absolute atomic E-state index is 0.106. The Hall–Kier alpha value is -0.220. The Morgan fingerprint density at radius 1 is 1.44 bits per heavy atom. The van der Waals surface area contributed by atoms with E-state index in [0.717, 1.165) is 26.1 Å². The molecule has 4 heteroatoms. The lowest BCUT2D eigenvalue weighted by Gasteiger charge is -2.37. The predicted molar refractivity (Wildman–Crippen MR) is 60.7 cm³/mol. The molecule has 2 fully saturated rings. The molecule has 0 amide bonds. The van der Waals surface area contributed by atoms with Gasteiger partial charge in [0, 0.05) is 31.5 Å². The number of likely N-dealkylation sites (tertiary alicyclic amines) is 1. The molecule has 1 N–H and O–H groups in total. The molecule has 0 bridgehead atoms. The average Bonchev–Trinajstić information content (AvgIpc) is 2.79. The number of nitrogens with zero attached hydrogens (tertiary/aromatic N) is 1. The molecule has 1 aliphatic carbocycles. The van der Waals surface area contributed by atoms with E-state index in [4.69, 9.17) is 0 Å². The Morgan fingerprint density at radius 3 is 2.62 bits per heavy atom. The van der Waals surface area contributed by atoms with Crippen LogP contribution in [0.3, 0.4) is 0 Å². The number of rotatable bonds is 4. The molecule has 94 valence electrons. The lowest BCUT2D eigenvalue weighted by Crippen LogP contribution is -2.48. The van der Waals surface area contributed by atoms with Crippen LogP contribution in [0.2, 0.25) is 0 Å². The Balaban J connectivity index is 1.75. The van der Waals surface area contributed by atoms with Gasteiger partial charge < -0.3 is 10.2 Å². The van der Waals surface area contributed by atoms with Crippen LogP contribution in [-0.4, -0.2) is 43.0 Å². The molecule has 1 aliphatic heterocycles. The summed E-state index contributed by atoms with van der Waals surface area (Å²) < 4.78 is 25.6. The minimum atomic E-state index is -2.36. The van der Waals surface area contributed by atoms with Crippen LogP contribution in [-0.2, 0) is 0 Å². The van der Waals surface area contributed by atoms with Gasteiger partial charge in [-0.2, -0.15) is 0 Å². The van der Waals surface area contributed by atoms with Crippen molar-refractivity contribution < 1.29 is 8.78 Å². The summed E-state index contributed by atoms with van der Waals surface area (Å²) in [5.41, 5.74) is 0. The fraction of sp³-hybridized carbons (Fsp3) is 1.00. The van der Waals surface area contributed by atoms with E-state index in [2.05, 4.69) is 24.1 Å². The maximum atomic E-state index is 12.8. The maximum absolute atomic E-state index is 12.8. The number of hydrogen-bond donors (Lipinski definition) is 1. The van der Waals surface area contributed by atoms with Crippen LogP contribution in [0.1, 0.15) is 26.7 Å². The molecule has 3 unspecified atom stereocenters. The second-order valence-corrected chi connectivity index (χ2v) is 5.35. The highest BCUT2D eigenvalue weighted by Gasteiger charge is 2.57. The Kier molecular flexibility index (Phi) is 3.50. The van der Waals surface area contributed by atoms with E-state index < -0.39 is 5.92 Å². The van der Waals surface area contributed by atoms with E-state index in [9.17, 15) is 8.78 Å². The highest BCUT2D eigenvalue weighted by Crippen LogP contribution is 2.49. The third-order valence-electron chi connectivity index (χ3n) is 3.89. The van der Waals surface area contributed by atoms with Gasteiger partial charge in [-0.3, -0.25) is 0 Å². The Labute approximate surface area is 96.4 Å². The van der Waals surface area contributed by atoms with Gasteiger partial charge in [0.15, 0.2) is 0 Å². The van der Waals surface area contributed by atoms with Gasteiger partial charge in [-0.05, 0) is 25.4 Å². The first kappa shape index (κ1) is 12.2. The Morgan fingerprint density at radius 2 is 2.12 bits per heavy atom. The van der Waals surface area contributed by atoms with Crippen LogP contribution in [0.5, 0.6) is 0 Å². The van der Waals surface area contributed by atoms with E-state index in [1.54, 1.807) is 0 Å². The smallest absolute Gasteiger partial charge is 0.252 e. The van der Waals surface area contributed by atoms with E-state index in [0.29, 0.717) is 18.5 Å². The molecule has 0 radical (unpaired) electrons. The predicted octanol–water partition coefficient (Wildman–Crippen LogP) is 1.96. The first-order valence-corrected chi connectivity index (χ1v) is 6.36. The van der Waals surface area contributed by atoms with Gasteiger partial charge in [-0.1, -0.05) is 13.8 Å². The second kappa shape index (κ2) is 4.57. The summed E-state index contributed by atoms with van der Waals surface area (Å²) in [7, 11) is 0. The molecular formula is C12H22F2N2. The molecular weight excluding hydrogens is 210 g/mol. The molecule has 0 aromatic carbocycles. The van der Waals surface area contributed by atoms with Crippen molar-refractivity contribution in [2.75, 3.05) is 26.2 Å². The zero-order valence-corrected chi connectivity index (χ0v) is 10.2. The SMILES string of the molecule is CCNC1CCN(CC2CC2(F)F)CC1C. The molecule has 2 aliphatic rings. The normalized spacial score (nSPS) is 38.6. The van der Waals surface area contributed by atoms with Crippen LogP contribution in [0.4, 0.5) is 8.78 Å². The number of alkyl halides is 2. The van der Waals surface area contributed by atoms with Gasteiger partial charge in [0.1, 0.15) is 0 Å². The van der Waals surface area contributed by atoms with Crippen molar-refractivity contribution in [3.8, 4) is 0 Å². The minimum Gasteiger partial charge on any atom is -0.314 e. The number of halogens is 2. The lowest BCUT2D eigenvalue weighted by atomic mass is 9.93. The van der Waals surface area contributed by atoms with E-state index in [1.807, 2.05) is 0 Å². The van der Waals surface area contributed by atoms with Crippen molar-refractivity contribution in [1.29, 1.82) is 0 Å². The first-order chi connectivity index (χ1) is 7.53. The third-order valence-corrected chi connectivity index (χ3v) is 3.89. The van der Waals surface area contributed by atoms with Crippen LogP contribution in [0.25, 0.3) is 0 Å². The zero-order valence-electron chi connectivity index (χ0n) is 10.2. The van der Waals surface area contributed by atoms with E-state index in [-0.39, 0.29) is 12.3 Å². The third kappa shape index (κ3) is 2.72. The van der Waals surface area contributed by atoms with Crippen molar-refractivity contribution >= 4 is 0 Å². The monoisotopic (exact) mass is 232 g/mol. The molecule has 0 aromatic heterocycles. The number of nitrogens with one attached hydrogen (secondary N) is 1. The second-order valence-electron chi connectivity index (χ2n) is 5.35. The lowest BCUT2D eigenvalue weighted by molar-refractivity contribution is 0.0752. The van der Waals surface area contributed by atoms with Crippen molar-refractivity contribution in [3.63, 3.8) is 0 Å². The summed E-state index contributed by atoms with van der Waals surface area (Å²) in [5.74, 6) is -2.15. The van der Waals surface area contributed by atoms with E-state index in [1.165, 1.54) is 0 Å². The van der Waals surface area contributed by atoms with Crippen LogP contribution in [0.15, 0.2) is 0 Å². The first-order valence-electron chi connectivity index (χ1n) is 6.36. The fourth-order valence-corrected chi connectivity index (χ4v) is 2.74. The Bertz CT molecular complexity index is 245. The molecule has 1 saturated carbocycles. The van der Waals surface area contributed by atoms with Gasteiger partial charge in [-0.25, -0.2) is 8.78 Å². The van der Waals surface area contributed by atoms with Gasteiger partial charge in [-0.15, -0.1) is 0 Å². The summed E-state index contributed by atoms with van der Waals surface area (Å²) in [5, 5.41) is 3.47. The fourth-order valence-electron chi connectivity index (χ4n) is 2.74. The highest BCUT2D eigenvalue weighted by atomic mass is 19.3. The molecule has 16 heavy (non-hydrogen) atoms. The van der Waals surface area contributed by atoms with Crippen LogP contribution < -0.4 is 5.32 Å². The zero-order chi connectivity index (χ0) is 11.8. The highest BCUT2D eigenvalue weighted by molar-refractivity contribution is 4.97. The molecule has 0 aromatic rings. The van der Waals surface area contributed by atoms with Gasteiger partial charge >= 0.3 is 0 Å². The molecule has 0 spiro atoms. The summed E-state index contributed by atoms with van der Waals surface area (Å²) in [6, 6.07) is 0.570. The molecule has 2 nitrogen and oxygen atoms in total. The summed E-state index contributed by atoms with van der Waals surface area (Å²) in [6.45, 7) is 7.85. The van der Waals surface area contributed by atoms with Crippen LogP contribution >= 0.6 is 0 Å². The quantitative estimate of drug-likeness (QED) is 0.797. The van der Waals surface area contributed by atoms with E-state index >= 15 is 0 Å². The van der Waals surface area contributed by atoms with Crippen LogP contribution in [0, 0.1) is 11.8 Å². The van der Waals surface area contributed by atoms with Gasteiger partial charge in [0.05, 0.1) is 0 Å². The number of hydrogen-bond acceptors (Lipinski definition) is 2. The molecule has 1 saturated heterocycles. The molecule has 3 atom stereocenters. The topological polar surface area (TPSA) is 15.3 Å². The van der Waals surface area contributed by atoms with Gasteiger partial charge in [0.25, 0.3) is 5.92 Å². The molecule has 1 heterocycles. The summed E-state index contributed by atoms with van der Waals surface area (Å²) in [4.78, 5) is 2.21. The van der Waals surface area contributed by atoms with Crippen molar-refractivity contribution in [3.05, 3.63) is 0 Å². The standard InChI is InChI=1S/C12H22F2N2/c1-3-15-11-4-5-16(7-9(11)2)8-10-6-12(10,13)14/h9-11,15H,3-8H2,1-2H3. The van der Waals surface area contributed by atoms with Crippen molar-refractivity contribution in [2.24, 2.45) is 11.8 Å². The summed E-state index contributed by atoms with van der Waals surface area (Å²) >= 11 is 0. The summed E-state index contributed by atoms with van der Waals surface area (Å²) in [6.07, 6.45) is 1.20. The maximum Gasteiger partial charge on any atom is 0.252 e. The molecule has 2 rings (SSSR count). The largest absolute Gasteiger partial charge is 0.314 e. The van der Waals surface area contributed by atoms with Crippen molar-refractivity contribution in [1.82, 2.24) is 10.2 Å². The number of piperidine rings is 1. The van der Waals surface area contributed by atoms with Crippen molar-refractivity contribution in [2.45, 2.75) is 38.7 Å². The average molecular weight is 232 g/mol.